The van der Waals surface area contributed by atoms with E-state index in [4.69, 9.17) is 4.74 Å². The van der Waals surface area contributed by atoms with Crippen molar-refractivity contribution in [1.29, 1.82) is 0 Å². The maximum atomic E-state index is 11.8. The number of hydrogen-bond acceptors (Lipinski definition) is 4. The second-order valence-corrected chi connectivity index (χ2v) is 4.32. The van der Waals surface area contributed by atoms with E-state index in [9.17, 15) is 9.59 Å². The van der Waals surface area contributed by atoms with Crippen LogP contribution in [0, 0.1) is 0 Å². The van der Waals surface area contributed by atoms with Crippen LogP contribution in [-0.4, -0.2) is 36.3 Å². The number of aromatic nitrogens is 1. The minimum atomic E-state index is -0.109. The number of anilines is 1. The van der Waals surface area contributed by atoms with Gasteiger partial charge in [0.15, 0.2) is 0 Å². The first-order valence-corrected chi connectivity index (χ1v) is 5.94. The number of carbonyl (C=O) groups excluding carboxylic acids is 1. The lowest BCUT2D eigenvalue weighted by atomic mass is 10.2. The summed E-state index contributed by atoms with van der Waals surface area (Å²) in [5.41, 5.74) is 0.513. The van der Waals surface area contributed by atoms with Gasteiger partial charge in [0.05, 0.1) is 24.8 Å². The van der Waals surface area contributed by atoms with Crippen LogP contribution in [0.2, 0.25) is 0 Å². The van der Waals surface area contributed by atoms with Crippen LogP contribution in [0.25, 0.3) is 0 Å². The van der Waals surface area contributed by atoms with Crippen LogP contribution < -0.4 is 16.2 Å². The lowest BCUT2D eigenvalue weighted by Crippen LogP contribution is -2.40. The maximum absolute atomic E-state index is 11.8. The summed E-state index contributed by atoms with van der Waals surface area (Å²) >= 11 is 0. The van der Waals surface area contributed by atoms with Crippen molar-refractivity contribution < 1.29 is 9.53 Å². The molecule has 1 amide bonds. The summed E-state index contributed by atoms with van der Waals surface area (Å²) in [6.45, 7) is 2.16. The summed E-state index contributed by atoms with van der Waals surface area (Å²) in [5, 5.41) is 5.92. The number of aryl methyl sites for hydroxylation is 1. The summed E-state index contributed by atoms with van der Waals surface area (Å²) in [4.78, 5) is 23.0. The molecule has 18 heavy (non-hydrogen) atoms. The van der Waals surface area contributed by atoms with E-state index in [-0.39, 0.29) is 17.6 Å². The molecule has 0 aromatic carbocycles. The zero-order valence-electron chi connectivity index (χ0n) is 10.3. The third-order valence-electron chi connectivity index (χ3n) is 2.79. The molecule has 6 nitrogen and oxygen atoms in total. The highest BCUT2D eigenvalue weighted by molar-refractivity contribution is 5.90. The predicted molar refractivity (Wildman–Crippen MR) is 67.5 cm³/mol. The maximum Gasteiger partial charge on any atom is 0.250 e. The Bertz CT molecular complexity index is 478. The smallest absolute Gasteiger partial charge is 0.250 e. The van der Waals surface area contributed by atoms with Crippen molar-refractivity contribution in [3.63, 3.8) is 0 Å². The van der Waals surface area contributed by atoms with Crippen LogP contribution in [0.1, 0.15) is 6.42 Å². The van der Waals surface area contributed by atoms with E-state index in [1.54, 1.807) is 19.3 Å². The number of nitrogens with zero attached hydrogens (tertiary/aromatic N) is 1. The fourth-order valence-corrected chi connectivity index (χ4v) is 1.84. The standard InChI is InChI=1S/C12H17N3O3/c1-15-8-9(2-3-12(15)17)14-11(16)6-10-7-13-4-5-18-10/h2-3,8,10,13H,4-7H2,1H3,(H,14,16). The summed E-state index contributed by atoms with van der Waals surface area (Å²) in [5.74, 6) is -0.109. The molecule has 1 aliphatic rings. The molecule has 0 radical (unpaired) electrons. The SMILES string of the molecule is Cn1cc(NC(=O)CC2CNCCO2)ccc1=O. The molecule has 1 atom stereocenters. The van der Waals surface area contributed by atoms with E-state index in [1.807, 2.05) is 0 Å². The van der Waals surface area contributed by atoms with E-state index < -0.39 is 0 Å². The lowest BCUT2D eigenvalue weighted by molar-refractivity contribution is -0.119. The van der Waals surface area contributed by atoms with Gasteiger partial charge in [-0.2, -0.15) is 0 Å². The third kappa shape index (κ3) is 3.41. The Hall–Kier alpha value is -1.66. The van der Waals surface area contributed by atoms with Gasteiger partial charge in [0.1, 0.15) is 0 Å². The van der Waals surface area contributed by atoms with Gasteiger partial charge in [0.2, 0.25) is 11.5 Å². The molecule has 1 fully saturated rings. The van der Waals surface area contributed by atoms with Gasteiger partial charge in [-0.15, -0.1) is 0 Å². The van der Waals surface area contributed by atoms with Gasteiger partial charge in [-0.1, -0.05) is 0 Å². The molecule has 0 saturated carbocycles. The van der Waals surface area contributed by atoms with Crippen molar-refractivity contribution in [1.82, 2.24) is 9.88 Å². The normalized spacial score (nSPS) is 19.5. The topological polar surface area (TPSA) is 72.4 Å². The van der Waals surface area contributed by atoms with E-state index in [0.29, 0.717) is 25.3 Å². The van der Waals surface area contributed by atoms with E-state index >= 15 is 0 Å². The Morgan fingerprint density at radius 2 is 2.44 bits per heavy atom. The molecular weight excluding hydrogens is 234 g/mol. The number of carbonyl (C=O) groups is 1. The molecule has 0 aliphatic carbocycles. The van der Waals surface area contributed by atoms with Gasteiger partial charge in [0, 0.05) is 32.4 Å². The van der Waals surface area contributed by atoms with Crippen LogP contribution in [0.3, 0.4) is 0 Å². The van der Waals surface area contributed by atoms with Crippen molar-refractivity contribution in [2.75, 3.05) is 25.0 Å². The van der Waals surface area contributed by atoms with Crippen LogP contribution in [0.15, 0.2) is 23.1 Å². The number of amides is 1. The zero-order chi connectivity index (χ0) is 13.0. The molecule has 1 unspecified atom stereocenters. The van der Waals surface area contributed by atoms with Crippen LogP contribution in [0.5, 0.6) is 0 Å². The summed E-state index contributed by atoms with van der Waals surface area (Å²) in [6, 6.07) is 3.02. The van der Waals surface area contributed by atoms with E-state index in [1.165, 1.54) is 10.6 Å². The Morgan fingerprint density at radius 3 is 3.11 bits per heavy atom. The highest BCUT2D eigenvalue weighted by atomic mass is 16.5. The largest absolute Gasteiger partial charge is 0.375 e. The fourth-order valence-electron chi connectivity index (χ4n) is 1.84. The van der Waals surface area contributed by atoms with Crippen molar-refractivity contribution in [2.24, 2.45) is 7.05 Å². The summed E-state index contributed by atoms with van der Waals surface area (Å²) < 4.78 is 6.88. The quantitative estimate of drug-likeness (QED) is 0.774. The van der Waals surface area contributed by atoms with Crippen molar-refractivity contribution >= 4 is 11.6 Å². The highest BCUT2D eigenvalue weighted by Crippen LogP contribution is 2.06. The Kier molecular flexibility index (Phi) is 4.11. The number of morpholine rings is 1. The first-order valence-electron chi connectivity index (χ1n) is 5.94. The van der Waals surface area contributed by atoms with Crippen LogP contribution in [0.4, 0.5) is 5.69 Å². The van der Waals surface area contributed by atoms with Crippen LogP contribution in [-0.2, 0) is 16.6 Å². The van der Waals surface area contributed by atoms with Crippen molar-refractivity contribution in [3.05, 3.63) is 28.7 Å². The Labute approximate surface area is 105 Å². The molecule has 6 heteroatoms. The number of pyridine rings is 1. The molecule has 1 saturated heterocycles. The molecular formula is C12H17N3O3. The minimum absolute atomic E-state index is 0.0775. The molecule has 0 spiro atoms. The van der Waals surface area contributed by atoms with Gasteiger partial charge in [-0.25, -0.2) is 0 Å². The van der Waals surface area contributed by atoms with Crippen molar-refractivity contribution in [3.8, 4) is 0 Å². The summed E-state index contributed by atoms with van der Waals surface area (Å²) in [7, 11) is 1.64. The second-order valence-electron chi connectivity index (χ2n) is 4.32. The molecule has 1 aliphatic heterocycles. The second kappa shape index (κ2) is 5.79. The van der Waals surface area contributed by atoms with E-state index in [2.05, 4.69) is 10.6 Å². The number of nitrogens with one attached hydrogen (secondary N) is 2. The molecule has 2 rings (SSSR count). The van der Waals surface area contributed by atoms with Gasteiger partial charge in [0.25, 0.3) is 0 Å². The first-order chi connectivity index (χ1) is 8.65. The number of hydrogen-bond donors (Lipinski definition) is 2. The van der Waals surface area contributed by atoms with Gasteiger partial charge >= 0.3 is 0 Å². The van der Waals surface area contributed by atoms with Gasteiger partial charge in [-0.3, -0.25) is 9.59 Å². The number of ether oxygens (including phenoxy) is 1. The lowest BCUT2D eigenvalue weighted by Gasteiger charge is -2.23. The number of rotatable bonds is 3. The zero-order valence-corrected chi connectivity index (χ0v) is 10.3. The summed E-state index contributed by atoms with van der Waals surface area (Å²) in [6.07, 6.45) is 1.84. The molecule has 0 bridgehead atoms. The molecule has 98 valence electrons. The van der Waals surface area contributed by atoms with Crippen molar-refractivity contribution in [2.45, 2.75) is 12.5 Å². The van der Waals surface area contributed by atoms with Gasteiger partial charge in [-0.05, 0) is 6.07 Å². The Balaban J connectivity index is 1.90. The predicted octanol–water partition coefficient (Wildman–Crippen LogP) is -0.298. The van der Waals surface area contributed by atoms with Gasteiger partial charge < -0.3 is 19.9 Å². The van der Waals surface area contributed by atoms with Crippen LogP contribution >= 0.6 is 0 Å². The molecule has 1 aromatic rings. The Morgan fingerprint density at radius 1 is 1.61 bits per heavy atom. The molecule has 2 heterocycles. The minimum Gasteiger partial charge on any atom is -0.375 e. The monoisotopic (exact) mass is 251 g/mol. The first kappa shape index (κ1) is 12.8. The average molecular weight is 251 g/mol. The molecule has 2 N–H and O–H groups in total. The molecule has 1 aromatic heterocycles. The third-order valence-corrected chi connectivity index (χ3v) is 2.79. The highest BCUT2D eigenvalue weighted by Gasteiger charge is 2.17. The fraction of sp³-hybridized carbons (Fsp3) is 0.500. The average Bonchev–Trinajstić information content (AvgIpc) is 2.35. The van der Waals surface area contributed by atoms with E-state index in [0.717, 1.165) is 6.54 Å².